The third kappa shape index (κ3) is 2.93. The van der Waals surface area contributed by atoms with Crippen LogP contribution in [0.4, 0.5) is 0 Å². The molecular formula is C10H18N2O4. The maximum absolute atomic E-state index is 12.0. The van der Waals surface area contributed by atoms with Crippen LogP contribution in [-0.4, -0.2) is 61.3 Å². The molecule has 0 radical (unpaired) electrons. The topological polar surface area (TPSA) is 78.9 Å². The number of carboxylic acid groups (broad SMARTS) is 1. The summed E-state index contributed by atoms with van der Waals surface area (Å²) < 4.78 is 5.22. The molecule has 16 heavy (non-hydrogen) atoms. The molecule has 6 nitrogen and oxygen atoms in total. The fraction of sp³-hybridized carbons (Fsp3) is 0.800. The van der Waals surface area contributed by atoms with E-state index < -0.39 is 5.97 Å². The van der Waals surface area contributed by atoms with Crippen LogP contribution in [0.25, 0.3) is 0 Å². The number of nitrogens with zero attached hydrogens (tertiary/aromatic N) is 1. The average Bonchev–Trinajstić information content (AvgIpc) is 2.72. The predicted octanol–water partition coefficient (Wildman–Crippen LogP) is -0.846. The molecule has 92 valence electrons. The highest BCUT2D eigenvalue weighted by Crippen LogP contribution is 2.16. The van der Waals surface area contributed by atoms with E-state index in [9.17, 15) is 9.59 Å². The van der Waals surface area contributed by atoms with E-state index >= 15 is 0 Å². The van der Waals surface area contributed by atoms with Gasteiger partial charge in [0.25, 0.3) is 0 Å². The van der Waals surface area contributed by atoms with Gasteiger partial charge < -0.3 is 20.1 Å². The highest BCUT2D eigenvalue weighted by atomic mass is 16.5. The lowest BCUT2D eigenvalue weighted by Gasteiger charge is -2.24. The number of carboxylic acids is 1. The van der Waals surface area contributed by atoms with Crippen molar-refractivity contribution in [1.82, 2.24) is 10.2 Å². The largest absolute Gasteiger partial charge is 0.480 e. The molecule has 0 spiro atoms. The van der Waals surface area contributed by atoms with Gasteiger partial charge in [0.1, 0.15) is 6.54 Å². The maximum Gasteiger partial charge on any atom is 0.323 e. The molecule has 0 aromatic heterocycles. The molecule has 0 aliphatic carbocycles. The van der Waals surface area contributed by atoms with E-state index in [-0.39, 0.29) is 24.4 Å². The van der Waals surface area contributed by atoms with Crippen molar-refractivity contribution in [3.8, 4) is 0 Å². The lowest BCUT2D eigenvalue weighted by molar-refractivity contribution is -0.146. The van der Waals surface area contributed by atoms with Crippen molar-refractivity contribution in [2.24, 2.45) is 5.92 Å². The minimum Gasteiger partial charge on any atom is -0.480 e. The van der Waals surface area contributed by atoms with Crippen LogP contribution in [0, 0.1) is 5.92 Å². The summed E-state index contributed by atoms with van der Waals surface area (Å²) in [7, 11) is 1.77. The summed E-state index contributed by atoms with van der Waals surface area (Å²) in [6.45, 7) is 2.78. The van der Waals surface area contributed by atoms with Gasteiger partial charge >= 0.3 is 5.97 Å². The maximum atomic E-state index is 12.0. The molecule has 1 aliphatic heterocycles. The summed E-state index contributed by atoms with van der Waals surface area (Å²) in [5.74, 6) is -1.42. The van der Waals surface area contributed by atoms with Crippen molar-refractivity contribution in [3.05, 3.63) is 0 Å². The number of likely N-dealkylation sites (N-methyl/N-ethyl adjacent to an activating group) is 2. The molecular weight excluding hydrogens is 212 g/mol. The van der Waals surface area contributed by atoms with E-state index in [4.69, 9.17) is 9.84 Å². The number of nitrogens with one attached hydrogen (secondary N) is 1. The van der Waals surface area contributed by atoms with Crippen molar-refractivity contribution in [2.75, 3.05) is 33.4 Å². The average molecular weight is 230 g/mol. The Balaban J connectivity index is 2.63. The third-order valence-electron chi connectivity index (χ3n) is 2.79. The summed E-state index contributed by atoms with van der Waals surface area (Å²) in [5, 5.41) is 11.7. The molecule has 1 amide bonds. The smallest absolute Gasteiger partial charge is 0.323 e. The number of carbonyl (C=O) groups is 2. The first-order valence-electron chi connectivity index (χ1n) is 5.35. The van der Waals surface area contributed by atoms with E-state index in [2.05, 4.69) is 5.32 Å². The minimum absolute atomic E-state index is 0.0182. The van der Waals surface area contributed by atoms with Crippen LogP contribution in [0.2, 0.25) is 0 Å². The molecule has 1 rings (SSSR count). The van der Waals surface area contributed by atoms with Crippen LogP contribution in [0.1, 0.15) is 6.92 Å². The fourth-order valence-electron chi connectivity index (χ4n) is 1.83. The van der Waals surface area contributed by atoms with Gasteiger partial charge in [0.2, 0.25) is 5.91 Å². The van der Waals surface area contributed by atoms with Crippen LogP contribution in [0.5, 0.6) is 0 Å². The van der Waals surface area contributed by atoms with E-state index in [0.29, 0.717) is 19.8 Å². The normalized spacial score (nSPS) is 24.4. The first kappa shape index (κ1) is 12.9. The Kier molecular flexibility index (Phi) is 4.70. The third-order valence-corrected chi connectivity index (χ3v) is 2.79. The molecule has 0 aromatic carbocycles. The molecule has 2 unspecified atom stereocenters. The van der Waals surface area contributed by atoms with Crippen molar-refractivity contribution in [1.29, 1.82) is 0 Å². The molecule has 1 saturated heterocycles. The van der Waals surface area contributed by atoms with Gasteiger partial charge in [0.05, 0.1) is 19.1 Å². The Hall–Kier alpha value is -1.14. The van der Waals surface area contributed by atoms with Gasteiger partial charge in [-0.1, -0.05) is 0 Å². The van der Waals surface area contributed by atoms with Crippen LogP contribution in [0.3, 0.4) is 0 Å². The van der Waals surface area contributed by atoms with Crippen molar-refractivity contribution in [2.45, 2.75) is 13.0 Å². The number of ether oxygens (including phenoxy) is 1. The Morgan fingerprint density at radius 2 is 2.19 bits per heavy atom. The lowest BCUT2D eigenvalue weighted by Crippen LogP contribution is -2.46. The second-order valence-corrected chi connectivity index (χ2v) is 3.79. The number of carbonyl (C=O) groups excluding carboxylic acids is 1. The Morgan fingerprint density at radius 1 is 1.50 bits per heavy atom. The van der Waals surface area contributed by atoms with Crippen LogP contribution >= 0.6 is 0 Å². The summed E-state index contributed by atoms with van der Waals surface area (Å²) >= 11 is 0. The minimum atomic E-state index is -0.991. The number of amides is 1. The summed E-state index contributed by atoms with van der Waals surface area (Å²) in [6, 6.07) is -0.0182. The Morgan fingerprint density at radius 3 is 2.69 bits per heavy atom. The van der Waals surface area contributed by atoms with Crippen LogP contribution in [-0.2, 0) is 14.3 Å². The second-order valence-electron chi connectivity index (χ2n) is 3.79. The quantitative estimate of drug-likeness (QED) is 0.643. The van der Waals surface area contributed by atoms with Gasteiger partial charge in [-0.05, 0) is 14.0 Å². The molecule has 1 heterocycles. The van der Waals surface area contributed by atoms with Crippen LogP contribution in [0.15, 0.2) is 0 Å². The zero-order chi connectivity index (χ0) is 12.1. The number of aliphatic carboxylic acids is 1. The van der Waals surface area contributed by atoms with Crippen molar-refractivity contribution in [3.63, 3.8) is 0 Å². The second kappa shape index (κ2) is 5.81. The lowest BCUT2D eigenvalue weighted by atomic mass is 10.0. The first-order valence-corrected chi connectivity index (χ1v) is 5.35. The van der Waals surface area contributed by atoms with Crippen LogP contribution < -0.4 is 5.32 Å². The molecule has 0 aromatic rings. The van der Waals surface area contributed by atoms with E-state index in [1.807, 2.05) is 0 Å². The molecule has 0 bridgehead atoms. The van der Waals surface area contributed by atoms with Gasteiger partial charge in [0.15, 0.2) is 0 Å². The SMILES string of the molecule is CCN(CC(=O)O)C(=O)C1COCC1NC. The zero-order valence-corrected chi connectivity index (χ0v) is 9.60. The van der Waals surface area contributed by atoms with Crippen molar-refractivity contribution < 1.29 is 19.4 Å². The molecule has 0 saturated carbocycles. The van der Waals surface area contributed by atoms with Gasteiger partial charge in [0, 0.05) is 12.6 Å². The summed E-state index contributed by atoms with van der Waals surface area (Å²) in [5.41, 5.74) is 0. The predicted molar refractivity (Wildman–Crippen MR) is 57.0 cm³/mol. The summed E-state index contributed by atoms with van der Waals surface area (Å²) in [4.78, 5) is 24.0. The van der Waals surface area contributed by atoms with Gasteiger partial charge in [-0.25, -0.2) is 0 Å². The molecule has 2 atom stereocenters. The van der Waals surface area contributed by atoms with E-state index in [1.165, 1.54) is 4.90 Å². The van der Waals surface area contributed by atoms with Gasteiger partial charge in [-0.2, -0.15) is 0 Å². The Labute approximate surface area is 94.6 Å². The highest BCUT2D eigenvalue weighted by Gasteiger charge is 2.35. The molecule has 1 aliphatic rings. The van der Waals surface area contributed by atoms with Crippen molar-refractivity contribution >= 4 is 11.9 Å². The Bertz CT molecular complexity index is 270. The highest BCUT2D eigenvalue weighted by molar-refractivity contribution is 5.83. The number of rotatable bonds is 5. The van der Waals surface area contributed by atoms with Gasteiger partial charge in [-0.15, -0.1) is 0 Å². The van der Waals surface area contributed by atoms with E-state index in [1.54, 1.807) is 14.0 Å². The molecule has 2 N–H and O–H groups in total. The standard InChI is InChI=1S/C10H18N2O4/c1-3-12(4-9(13)14)10(15)7-5-16-6-8(7)11-2/h7-8,11H,3-6H2,1-2H3,(H,13,14). The summed E-state index contributed by atoms with van der Waals surface area (Å²) in [6.07, 6.45) is 0. The monoisotopic (exact) mass is 230 g/mol. The van der Waals surface area contributed by atoms with E-state index in [0.717, 1.165) is 0 Å². The fourth-order valence-corrected chi connectivity index (χ4v) is 1.83. The number of hydrogen-bond acceptors (Lipinski definition) is 4. The number of hydrogen-bond donors (Lipinski definition) is 2. The molecule has 6 heteroatoms. The van der Waals surface area contributed by atoms with Gasteiger partial charge in [-0.3, -0.25) is 9.59 Å². The first-order chi connectivity index (χ1) is 7.60. The zero-order valence-electron chi connectivity index (χ0n) is 9.60. The molecule has 1 fully saturated rings.